The Bertz CT molecular complexity index is 786. The van der Waals surface area contributed by atoms with Crippen LogP contribution in [0.15, 0.2) is 30.6 Å². The lowest BCUT2D eigenvalue weighted by molar-refractivity contribution is 0.0219. The maximum absolute atomic E-state index is 5.93. The van der Waals surface area contributed by atoms with E-state index in [1.165, 1.54) is 6.33 Å². The predicted octanol–water partition coefficient (Wildman–Crippen LogP) is 2.05. The van der Waals surface area contributed by atoms with E-state index in [0.29, 0.717) is 31.0 Å². The molecule has 23 heavy (non-hydrogen) atoms. The Labute approximate surface area is 132 Å². The number of hydrogen-bond acceptors (Lipinski definition) is 7. The summed E-state index contributed by atoms with van der Waals surface area (Å²) in [4.78, 5) is 13.1. The van der Waals surface area contributed by atoms with Crippen LogP contribution in [0.5, 0.6) is 6.01 Å². The maximum Gasteiger partial charge on any atom is 0.319 e. The minimum absolute atomic E-state index is 0.0861. The summed E-state index contributed by atoms with van der Waals surface area (Å²) < 4.78 is 11.3. The third-order valence-corrected chi connectivity index (χ3v) is 3.67. The minimum atomic E-state index is 0.0861. The fourth-order valence-corrected chi connectivity index (χ4v) is 2.52. The second-order valence-electron chi connectivity index (χ2n) is 5.26. The average Bonchev–Trinajstić information content (AvgIpc) is 3.09. The van der Waals surface area contributed by atoms with Crippen LogP contribution in [0, 0.1) is 0 Å². The van der Waals surface area contributed by atoms with Crippen molar-refractivity contribution in [3.63, 3.8) is 0 Å². The summed E-state index contributed by atoms with van der Waals surface area (Å²) in [6.07, 6.45) is 3.22. The van der Waals surface area contributed by atoms with E-state index in [0.717, 1.165) is 23.7 Å². The van der Waals surface area contributed by atoms with E-state index >= 15 is 0 Å². The number of fused-ring (bicyclic) bond motifs is 1. The first-order valence-electron chi connectivity index (χ1n) is 7.52. The van der Waals surface area contributed by atoms with Crippen LogP contribution >= 0.6 is 0 Å². The average molecular weight is 312 g/mol. The van der Waals surface area contributed by atoms with Gasteiger partial charge in [-0.3, -0.25) is 0 Å². The van der Waals surface area contributed by atoms with E-state index in [4.69, 9.17) is 9.47 Å². The summed E-state index contributed by atoms with van der Waals surface area (Å²) in [6.45, 7) is 1.42. The van der Waals surface area contributed by atoms with Crippen molar-refractivity contribution in [2.45, 2.75) is 18.9 Å². The van der Waals surface area contributed by atoms with Crippen LogP contribution in [0.3, 0.4) is 0 Å². The molecule has 1 aliphatic heterocycles. The van der Waals surface area contributed by atoms with E-state index in [9.17, 15) is 0 Å². The molecule has 0 aliphatic carbocycles. The number of anilines is 2. The summed E-state index contributed by atoms with van der Waals surface area (Å²) in [7, 11) is 0. The van der Waals surface area contributed by atoms with Crippen LogP contribution < -0.4 is 10.1 Å². The van der Waals surface area contributed by atoms with Crippen LogP contribution in [0.25, 0.3) is 10.9 Å². The molecule has 8 heteroatoms. The molecule has 0 unspecified atom stereocenters. The highest BCUT2D eigenvalue weighted by Crippen LogP contribution is 2.25. The summed E-state index contributed by atoms with van der Waals surface area (Å²) >= 11 is 0. The molecule has 8 nitrogen and oxygen atoms in total. The zero-order valence-electron chi connectivity index (χ0n) is 12.4. The number of H-pyrrole nitrogens is 1. The van der Waals surface area contributed by atoms with Gasteiger partial charge in [-0.15, -0.1) is 0 Å². The summed E-state index contributed by atoms with van der Waals surface area (Å²) in [5.41, 5.74) is 0.812. The van der Waals surface area contributed by atoms with Crippen LogP contribution in [-0.4, -0.2) is 44.5 Å². The van der Waals surface area contributed by atoms with Gasteiger partial charge in [0, 0.05) is 18.2 Å². The monoisotopic (exact) mass is 312 g/mol. The van der Waals surface area contributed by atoms with E-state index in [-0.39, 0.29) is 6.10 Å². The van der Waals surface area contributed by atoms with Crippen LogP contribution in [-0.2, 0) is 4.74 Å². The molecule has 4 rings (SSSR count). The molecule has 1 aromatic carbocycles. The number of nitrogens with zero attached hydrogens (tertiary/aromatic N) is 4. The standard InChI is InChI=1S/C15H16N6O2/c1-2-4-12-11(3-1)13(19-14-16-9-17-21-14)20-15(18-12)23-10-5-7-22-8-6-10/h1-4,9-10H,5-8H2,(H2,16,17,18,19,20,21). The molecule has 3 aromatic rings. The van der Waals surface area contributed by atoms with Gasteiger partial charge in [-0.1, -0.05) is 12.1 Å². The zero-order valence-corrected chi connectivity index (χ0v) is 12.4. The smallest absolute Gasteiger partial charge is 0.319 e. The number of rotatable bonds is 4. The lowest BCUT2D eigenvalue weighted by Gasteiger charge is -2.22. The van der Waals surface area contributed by atoms with Gasteiger partial charge in [0.05, 0.1) is 18.7 Å². The van der Waals surface area contributed by atoms with Crippen LogP contribution in [0.1, 0.15) is 12.8 Å². The molecule has 1 saturated heterocycles. The number of para-hydroxylation sites is 1. The number of benzene rings is 1. The summed E-state index contributed by atoms with van der Waals surface area (Å²) in [5.74, 6) is 1.15. The molecule has 1 fully saturated rings. The first-order chi connectivity index (χ1) is 11.4. The van der Waals surface area contributed by atoms with Gasteiger partial charge >= 0.3 is 6.01 Å². The first kappa shape index (κ1) is 13.9. The molecule has 0 amide bonds. The molecular weight excluding hydrogens is 296 g/mol. The Morgan fingerprint density at radius 1 is 1.17 bits per heavy atom. The SMILES string of the molecule is c1ccc2c(Nc3ncn[nH]3)nc(OC3CCOCC3)nc2c1. The Morgan fingerprint density at radius 2 is 2.04 bits per heavy atom. The molecule has 118 valence electrons. The van der Waals surface area contributed by atoms with Crippen LogP contribution in [0.4, 0.5) is 11.8 Å². The number of hydrogen-bond donors (Lipinski definition) is 2. The van der Waals surface area contributed by atoms with Crippen molar-refractivity contribution < 1.29 is 9.47 Å². The van der Waals surface area contributed by atoms with Gasteiger partial charge in [0.1, 0.15) is 18.2 Å². The molecule has 2 N–H and O–H groups in total. The second-order valence-corrected chi connectivity index (χ2v) is 5.26. The Balaban J connectivity index is 1.67. The van der Waals surface area contributed by atoms with Crippen molar-refractivity contribution >= 4 is 22.7 Å². The van der Waals surface area contributed by atoms with E-state index in [1.54, 1.807) is 0 Å². The van der Waals surface area contributed by atoms with Crippen molar-refractivity contribution in [3.05, 3.63) is 30.6 Å². The third kappa shape index (κ3) is 3.07. The quantitative estimate of drug-likeness (QED) is 0.760. The second kappa shape index (κ2) is 6.17. The summed E-state index contributed by atoms with van der Waals surface area (Å²) in [6, 6.07) is 8.12. The molecule has 3 heterocycles. The largest absolute Gasteiger partial charge is 0.460 e. The summed E-state index contributed by atoms with van der Waals surface area (Å²) in [5, 5.41) is 10.6. The fourth-order valence-electron chi connectivity index (χ4n) is 2.52. The van der Waals surface area contributed by atoms with Gasteiger partial charge in [0.15, 0.2) is 0 Å². The van der Waals surface area contributed by atoms with Gasteiger partial charge in [0.2, 0.25) is 5.95 Å². The highest BCUT2D eigenvalue weighted by atomic mass is 16.5. The number of aromatic amines is 1. The molecule has 2 aromatic heterocycles. The van der Waals surface area contributed by atoms with Crippen molar-refractivity contribution in [1.29, 1.82) is 0 Å². The van der Waals surface area contributed by atoms with E-state index in [2.05, 4.69) is 30.5 Å². The molecule has 0 radical (unpaired) electrons. The normalized spacial score (nSPS) is 15.7. The van der Waals surface area contributed by atoms with Crippen LogP contribution in [0.2, 0.25) is 0 Å². The highest BCUT2D eigenvalue weighted by molar-refractivity contribution is 5.90. The molecule has 1 aliphatic rings. The Kier molecular flexibility index (Phi) is 3.73. The molecule has 0 bridgehead atoms. The predicted molar refractivity (Wildman–Crippen MR) is 83.7 cm³/mol. The number of ether oxygens (including phenoxy) is 2. The van der Waals surface area contributed by atoms with Gasteiger partial charge < -0.3 is 14.8 Å². The minimum Gasteiger partial charge on any atom is -0.460 e. The van der Waals surface area contributed by atoms with Crippen molar-refractivity contribution in [3.8, 4) is 6.01 Å². The van der Waals surface area contributed by atoms with Gasteiger partial charge in [-0.05, 0) is 12.1 Å². The lowest BCUT2D eigenvalue weighted by atomic mass is 10.2. The van der Waals surface area contributed by atoms with Gasteiger partial charge in [0.25, 0.3) is 0 Å². The third-order valence-electron chi connectivity index (χ3n) is 3.67. The lowest BCUT2D eigenvalue weighted by Crippen LogP contribution is -2.26. The van der Waals surface area contributed by atoms with Gasteiger partial charge in [-0.25, -0.2) is 5.10 Å². The Morgan fingerprint density at radius 3 is 2.87 bits per heavy atom. The fraction of sp³-hybridized carbons (Fsp3) is 0.333. The van der Waals surface area contributed by atoms with E-state index < -0.39 is 0 Å². The zero-order chi connectivity index (χ0) is 15.5. The van der Waals surface area contributed by atoms with Gasteiger partial charge in [-0.2, -0.15) is 20.1 Å². The number of nitrogens with one attached hydrogen (secondary N) is 2. The molecular formula is C15H16N6O2. The van der Waals surface area contributed by atoms with Crippen molar-refractivity contribution in [1.82, 2.24) is 25.1 Å². The van der Waals surface area contributed by atoms with E-state index in [1.807, 2.05) is 24.3 Å². The molecule has 0 saturated carbocycles. The Hall–Kier alpha value is -2.74. The molecule has 0 atom stereocenters. The van der Waals surface area contributed by atoms with Crippen molar-refractivity contribution in [2.24, 2.45) is 0 Å². The maximum atomic E-state index is 5.93. The van der Waals surface area contributed by atoms with Crippen molar-refractivity contribution in [2.75, 3.05) is 18.5 Å². The topological polar surface area (TPSA) is 97.8 Å². The first-order valence-corrected chi connectivity index (χ1v) is 7.52. The highest BCUT2D eigenvalue weighted by Gasteiger charge is 2.18. The molecule has 0 spiro atoms. The number of aromatic nitrogens is 5.